The first kappa shape index (κ1) is 36.0. The maximum Gasteiger partial charge on any atom is 0.407 e. The number of methoxy groups -OCH3 is 1. The van der Waals surface area contributed by atoms with E-state index < -0.39 is 47.7 Å². The predicted molar refractivity (Wildman–Crippen MR) is 179 cm³/mol. The lowest BCUT2D eigenvalue weighted by Crippen LogP contribution is -2.59. The van der Waals surface area contributed by atoms with E-state index in [1.54, 1.807) is 34.9 Å². The van der Waals surface area contributed by atoms with Crippen molar-refractivity contribution in [3.8, 4) is 0 Å². The summed E-state index contributed by atoms with van der Waals surface area (Å²) >= 11 is 0. The molecule has 248 valence electrons. The molecule has 0 fully saturated rings. The van der Waals surface area contributed by atoms with Crippen molar-refractivity contribution in [2.45, 2.75) is 76.8 Å². The fourth-order valence-corrected chi connectivity index (χ4v) is 5.42. The highest BCUT2D eigenvalue weighted by Crippen LogP contribution is 2.21. The second-order valence-corrected chi connectivity index (χ2v) is 12.4. The maximum atomic E-state index is 14.4. The number of hydrogen-bond acceptors (Lipinski definition) is 6. The molecule has 0 saturated heterocycles. The smallest absolute Gasteiger partial charge is 0.407 e. The fourth-order valence-electron chi connectivity index (χ4n) is 5.42. The summed E-state index contributed by atoms with van der Waals surface area (Å²) in [6.07, 6.45) is -0.916. The topological polar surface area (TPSA) is 117 Å². The molecule has 3 aromatic rings. The Hall–Kier alpha value is -4.44. The van der Waals surface area contributed by atoms with Gasteiger partial charge in [-0.15, -0.1) is 0 Å². The van der Waals surface area contributed by atoms with Gasteiger partial charge < -0.3 is 29.9 Å². The molecule has 10 nitrogen and oxygen atoms in total. The Bertz CT molecular complexity index is 1490. The number of ether oxygens (including phenoxy) is 2. The van der Waals surface area contributed by atoms with Gasteiger partial charge in [0, 0.05) is 41.1 Å². The summed E-state index contributed by atoms with van der Waals surface area (Å²) in [5.41, 5.74) is 1.01. The third kappa shape index (κ3) is 9.53. The summed E-state index contributed by atoms with van der Waals surface area (Å²) in [4.78, 5) is 57.1. The molecule has 46 heavy (non-hydrogen) atoms. The molecule has 4 atom stereocenters. The molecule has 0 spiro atoms. The van der Waals surface area contributed by atoms with E-state index in [0.717, 1.165) is 21.9 Å². The van der Waals surface area contributed by atoms with Crippen LogP contribution in [0, 0.1) is 0 Å². The number of likely N-dealkylation sites (N-methyl/N-ethyl adjacent to an activating group) is 3. The van der Waals surface area contributed by atoms with Crippen LogP contribution in [0.25, 0.3) is 10.8 Å². The van der Waals surface area contributed by atoms with Crippen molar-refractivity contribution < 1.29 is 28.7 Å². The van der Waals surface area contributed by atoms with Gasteiger partial charge in [0.2, 0.25) is 11.8 Å². The molecule has 2 unspecified atom stereocenters. The number of fused-ring (bicyclic) bond motifs is 1. The number of nitrogens with one attached hydrogen (secondary N) is 2. The summed E-state index contributed by atoms with van der Waals surface area (Å²) in [7, 11) is 6.07. The van der Waals surface area contributed by atoms with Gasteiger partial charge in [-0.05, 0) is 49.1 Å². The van der Waals surface area contributed by atoms with E-state index in [9.17, 15) is 19.2 Å². The van der Waals surface area contributed by atoms with Crippen molar-refractivity contribution in [1.29, 1.82) is 0 Å². The molecule has 3 rings (SSSR count). The monoisotopic (exact) mass is 632 g/mol. The molecule has 3 aromatic carbocycles. The first-order valence-electron chi connectivity index (χ1n) is 15.6. The molecule has 0 bridgehead atoms. The number of amides is 4. The lowest BCUT2D eigenvalue weighted by atomic mass is 9.97. The highest BCUT2D eigenvalue weighted by molar-refractivity contribution is 5.93. The predicted octanol–water partition coefficient (Wildman–Crippen LogP) is 4.34. The van der Waals surface area contributed by atoms with Crippen molar-refractivity contribution in [2.75, 3.05) is 28.3 Å². The highest BCUT2D eigenvalue weighted by atomic mass is 16.6. The first-order chi connectivity index (χ1) is 21.8. The lowest BCUT2D eigenvalue weighted by molar-refractivity contribution is -0.153. The molecule has 0 saturated carbocycles. The number of carbonyl (C=O) groups excluding carboxylic acids is 4. The van der Waals surface area contributed by atoms with Crippen LogP contribution in [-0.4, -0.2) is 91.7 Å². The van der Waals surface area contributed by atoms with Crippen LogP contribution in [0.1, 0.15) is 45.2 Å². The van der Waals surface area contributed by atoms with E-state index in [2.05, 4.69) is 10.6 Å². The number of nitrogens with zero attached hydrogens (tertiary/aromatic N) is 2. The Labute approximate surface area is 272 Å². The van der Waals surface area contributed by atoms with Gasteiger partial charge in [0.05, 0.1) is 6.04 Å². The van der Waals surface area contributed by atoms with Gasteiger partial charge in [0.1, 0.15) is 17.7 Å². The van der Waals surface area contributed by atoms with Gasteiger partial charge in [-0.1, -0.05) is 79.7 Å². The second-order valence-electron chi connectivity index (χ2n) is 12.4. The van der Waals surface area contributed by atoms with Crippen LogP contribution in [0.4, 0.5) is 4.79 Å². The lowest BCUT2D eigenvalue weighted by Gasteiger charge is -2.37. The van der Waals surface area contributed by atoms with E-state index in [-0.39, 0.29) is 12.3 Å². The number of hydrogen-bond donors (Lipinski definition) is 2. The number of rotatable bonds is 13. The Morgan fingerprint density at radius 1 is 0.783 bits per heavy atom. The maximum absolute atomic E-state index is 14.4. The summed E-state index contributed by atoms with van der Waals surface area (Å²) < 4.78 is 11.1. The van der Waals surface area contributed by atoms with Gasteiger partial charge in [-0.3, -0.25) is 14.4 Å². The molecule has 10 heteroatoms. The minimum Gasteiger partial charge on any atom is -0.444 e. The second kappa shape index (κ2) is 16.2. The Kier molecular flexibility index (Phi) is 12.7. The molecular weight excluding hydrogens is 584 g/mol. The average molecular weight is 633 g/mol. The zero-order chi connectivity index (χ0) is 34.0. The summed E-state index contributed by atoms with van der Waals surface area (Å²) in [5, 5.41) is 7.49. The first-order valence-corrected chi connectivity index (χ1v) is 15.6. The zero-order valence-electron chi connectivity index (χ0n) is 28.2. The van der Waals surface area contributed by atoms with Crippen molar-refractivity contribution >= 4 is 34.6 Å². The zero-order valence-corrected chi connectivity index (χ0v) is 28.2. The summed E-state index contributed by atoms with van der Waals surface area (Å²) in [5.74, 6) is -1.21. The van der Waals surface area contributed by atoms with Gasteiger partial charge >= 0.3 is 6.09 Å². The van der Waals surface area contributed by atoms with Crippen LogP contribution in [0.3, 0.4) is 0 Å². The summed E-state index contributed by atoms with van der Waals surface area (Å²) in [6, 6.07) is 20.8. The summed E-state index contributed by atoms with van der Waals surface area (Å²) in [6.45, 7) is 7.08. The average Bonchev–Trinajstić information content (AvgIpc) is 3.04. The normalized spacial score (nSPS) is 14.0. The van der Waals surface area contributed by atoms with Crippen LogP contribution in [0.2, 0.25) is 0 Å². The largest absolute Gasteiger partial charge is 0.444 e. The van der Waals surface area contributed by atoms with Crippen LogP contribution in [0.5, 0.6) is 0 Å². The quantitative estimate of drug-likeness (QED) is 0.290. The third-order valence-corrected chi connectivity index (χ3v) is 7.98. The van der Waals surface area contributed by atoms with Gasteiger partial charge in [0.25, 0.3) is 5.91 Å². The Balaban J connectivity index is 1.98. The minimum atomic E-state index is -1.10. The molecular formula is C36H48N4O6. The molecule has 2 N–H and O–H groups in total. The van der Waals surface area contributed by atoms with Crippen molar-refractivity contribution in [1.82, 2.24) is 20.4 Å². The van der Waals surface area contributed by atoms with Crippen molar-refractivity contribution in [3.05, 3.63) is 83.9 Å². The third-order valence-electron chi connectivity index (χ3n) is 7.98. The molecule has 0 radical (unpaired) electrons. The molecule has 0 heterocycles. The number of alkyl carbamates (subject to hydrolysis) is 1. The van der Waals surface area contributed by atoms with Crippen LogP contribution >= 0.6 is 0 Å². The van der Waals surface area contributed by atoms with E-state index in [1.165, 1.54) is 24.0 Å². The van der Waals surface area contributed by atoms with Gasteiger partial charge in [0.15, 0.2) is 6.10 Å². The van der Waals surface area contributed by atoms with Crippen LogP contribution in [-0.2, 0) is 36.7 Å². The fraction of sp³-hybridized carbons (Fsp3) is 0.444. The van der Waals surface area contributed by atoms with Crippen molar-refractivity contribution in [3.63, 3.8) is 0 Å². The molecule has 0 aliphatic heterocycles. The molecule has 4 amide bonds. The molecule has 0 aliphatic carbocycles. The van der Waals surface area contributed by atoms with Crippen LogP contribution < -0.4 is 10.6 Å². The molecule has 0 aliphatic rings. The number of benzene rings is 3. The van der Waals surface area contributed by atoms with Crippen molar-refractivity contribution in [2.24, 2.45) is 0 Å². The minimum absolute atomic E-state index is 0.189. The van der Waals surface area contributed by atoms with Gasteiger partial charge in [-0.2, -0.15) is 0 Å². The standard InChI is InChI=1S/C36H48N4O6/c1-9-28(38-35(44)46-36(2,3)4)31(45-8)34(43)40(7)30(23-25-19-20-26-17-13-14-18-27(26)21-25)33(42)39(6)29(32(41)37-5)22-24-15-11-10-12-16-24/h10-21,28-31H,9,22-23H2,1-8H3,(H,37,41)(H,38,44)/t28?,29-,30-,31?/m1/s1. The SMILES string of the molecule is CCC(NC(=O)OC(C)(C)C)C(OC)C(=O)N(C)[C@H](Cc1ccc2ccccc2c1)C(=O)N(C)[C@H](Cc1ccccc1)C(=O)NC. The van der Waals surface area contributed by atoms with Gasteiger partial charge in [-0.25, -0.2) is 4.79 Å². The Morgan fingerprint density at radius 3 is 1.96 bits per heavy atom. The van der Waals surface area contributed by atoms with Crippen LogP contribution in [0.15, 0.2) is 72.8 Å². The van der Waals surface area contributed by atoms with E-state index in [4.69, 9.17) is 9.47 Å². The molecule has 0 aromatic heterocycles. The van der Waals surface area contributed by atoms with E-state index in [1.807, 2.05) is 79.7 Å². The van der Waals surface area contributed by atoms with E-state index >= 15 is 0 Å². The highest BCUT2D eigenvalue weighted by Gasteiger charge is 2.39. The number of carbonyl (C=O) groups is 4. The Morgan fingerprint density at radius 2 is 1.37 bits per heavy atom. The van der Waals surface area contributed by atoms with E-state index in [0.29, 0.717) is 12.8 Å².